The van der Waals surface area contributed by atoms with Crippen molar-refractivity contribution in [1.29, 1.82) is 0 Å². The normalized spacial score (nSPS) is 17.8. The molecular weight excluding hydrogens is 375 g/mol. The van der Waals surface area contributed by atoms with Crippen molar-refractivity contribution in [3.63, 3.8) is 0 Å². The van der Waals surface area contributed by atoms with Gasteiger partial charge in [0.1, 0.15) is 11.3 Å². The third kappa shape index (κ3) is 4.63. The largest absolute Gasteiger partial charge is 0.496 e. The highest BCUT2D eigenvalue weighted by atomic mass is 32.2. The van der Waals surface area contributed by atoms with Crippen LogP contribution < -0.4 is 10.1 Å². The van der Waals surface area contributed by atoms with Gasteiger partial charge in [-0.25, -0.2) is 4.79 Å². The monoisotopic (exact) mass is 387 g/mol. The summed E-state index contributed by atoms with van der Waals surface area (Å²) in [6, 6.07) is 3.77. The molecule has 1 fully saturated rings. The second kappa shape index (κ2) is 8.04. The van der Waals surface area contributed by atoms with Gasteiger partial charge < -0.3 is 9.47 Å². The van der Waals surface area contributed by atoms with E-state index >= 15 is 0 Å². The topological polar surface area (TPSA) is 89.3 Å². The fourth-order valence-electron chi connectivity index (χ4n) is 1.91. The van der Waals surface area contributed by atoms with Gasteiger partial charge in [-0.1, -0.05) is 12.1 Å². The van der Waals surface area contributed by atoms with E-state index < -0.39 is 23.6 Å². The van der Waals surface area contributed by atoms with E-state index in [0.717, 1.165) is 38.3 Å². The van der Waals surface area contributed by atoms with Crippen LogP contribution in [0.4, 0.5) is 13.2 Å². The van der Waals surface area contributed by atoms with Crippen LogP contribution in [0.5, 0.6) is 5.75 Å². The number of carbonyl (C=O) groups excluding carboxylic acids is 2. The third-order valence-corrected chi connectivity index (χ3v) is 3.91. The average Bonchev–Trinajstić information content (AvgIpc) is 2.93. The number of benzene rings is 1. The SMILES string of the molecule is COC(=O)/C=C1/S/C(=N\N=Cc2cccc(OC)c2C(F)(F)F)NC1=O. The van der Waals surface area contributed by atoms with Gasteiger partial charge in [-0.2, -0.15) is 18.3 Å². The van der Waals surface area contributed by atoms with E-state index in [9.17, 15) is 22.8 Å². The lowest BCUT2D eigenvalue weighted by Crippen LogP contribution is -2.19. The van der Waals surface area contributed by atoms with E-state index in [1.54, 1.807) is 0 Å². The fourth-order valence-corrected chi connectivity index (χ4v) is 2.65. The number of nitrogens with one attached hydrogen (secondary N) is 1. The summed E-state index contributed by atoms with van der Waals surface area (Å²) in [7, 11) is 2.29. The number of carbonyl (C=O) groups is 2. The molecule has 0 aliphatic carbocycles. The molecule has 1 heterocycles. The fraction of sp³-hybridized carbons (Fsp3) is 0.200. The van der Waals surface area contributed by atoms with Crippen molar-refractivity contribution in [3.8, 4) is 5.75 Å². The Balaban J connectivity index is 2.24. The Labute approximate surface area is 150 Å². The number of amides is 1. The first-order chi connectivity index (χ1) is 12.3. The summed E-state index contributed by atoms with van der Waals surface area (Å²) in [5, 5.41) is 9.55. The van der Waals surface area contributed by atoms with Crippen molar-refractivity contribution < 1.29 is 32.2 Å². The Morgan fingerprint density at radius 2 is 2.04 bits per heavy atom. The summed E-state index contributed by atoms with van der Waals surface area (Å²) in [5.74, 6) is -1.66. The number of thioether (sulfide) groups is 1. The quantitative estimate of drug-likeness (QED) is 0.371. The number of esters is 1. The van der Waals surface area contributed by atoms with Crippen LogP contribution in [0.3, 0.4) is 0 Å². The molecule has 138 valence electrons. The molecule has 1 aliphatic rings. The number of ether oxygens (including phenoxy) is 2. The number of halogens is 3. The highest BCUT2D eigenvalue weighted by Crippen LogP contribution is 2.38. The molecule has 0 spiro atoms. The van der Waals surface area contributed by atoms with Crippen LogP contribution >= 0.6 is 11.8 Å². The van der Waals surface area contributed by atoms with E-state index in [2.05, 4.69) is 20.3 Å². The summed E-state index contributed by atoms with van der Waals surface area (Å²) >= 11 is 0.804. The molecule has 1 aromatic rings. The summed E-state index contributed by atoms with van der Waals surface area (Å²) in [6.45, 7) is 0. The lowest BCUT2D eigenvalue weighted by molar-refractivity contribution is -0.139. The van der Waals surface area contributed by atoms with E-state index in [4.69, 9.17) is 4.74 Å². The average molecular weight is 387 g/mol. The van der Waals surface area contributed by atoms with E-state index in [1.807, 2.05) is 0 Å². The first kappa shape index (κ1) is 19.5. The number of rotatable bonds is 4. The molecule has 1 amide bonds. The molecule has 1 aromatic carbocycles. The molecule has 1 N–H and O–H groups in total. The molecule has 0 radical (unpaired) electrons. The van der Waals surface area contributed by atoms with Crippen LogP contribution in [0.15, 0.2) is 39.4 Å². The Bertz CT molecular complexity index is 819. The molecule has 1 saturated heterocycles. The minimum Gasteiger partial charge on any atom is -0.496 e. The Morgan fingerprint density at radius 1 is 1.31 bits per heavy atom. The standard InChI is InChI=1S/C15H12F3N3O4S/c1-24-9-5-3-4-8(12(9)15(16,17)18)7-19-21-14-20-13(23)10(26-14)6-11(22)25-2/h3-7H,1-2H3,(H,20,21,23)/b10-6+,19-7?. The van der Waals surface area contributed by atoms with Crippen molar-refractivity contribution in [2.24, 2.45) is 10.2 Å². The van der Waals surface area contributed by atoms with Gasteiger partial charge in [0.15, 0.2) is 5.17 Å². The number of alkyl halides is 3. The molecule has 2 rings (SSSR count). The Kier molecular flexibility index (Phi) is 6.03. The number of hydrogen-bond donors (Lipinski definition) is 1. The van der Waals surface area contributed by atoms with Crippen molar-refractivity contribution >= 4 is 35.0 Å². The van der Waals surface area contributed by atoms with Crippen LogP contribution in [0, 0.1) is 0 Å². The van der Waals surface area contributed by atoms with Crippen molar-refractivity contribution in [2.45, 2.75) is 6.18 Å². The zero-order chi connectivity index (χ0) is 19.3. The molecule has 0 aromatic heterocycles. The summed E-state index contributed by atoms with van der Waals surface area (Å²) in [6.07, 6.45) is -2.78. The zero-order valence-corrected chi connectivity index (χ0v) is 14.3. The number of methoxy groups -OCH3 is 2. The van der Waals surface area contributed by atoms with E-state index in [1.165, 1.54) is 18.2 Å². The highest BCUT2D eigenvalue weighted by molar-refractivity contribution is 8.18. The maximum atomic E-state index is 13.2. The van der Waals surface area contributed by atoms with Crippen molar-refractivity contribution in [1.82, 2.24) is 5.32 Å². The summed E-state index contributed by atoms with van der Waals surface area (Å²) < 4.78 is 48.7. The Morgan fingerprint density at radius 3 is 2.65 bits per heavy atom. The maximum Gasteiger partial charge on any atom is 0.420 e. The third-order valence-electron chi connectivity index (χ3n) is 3.01. The lowest BCUT2D eigenvalue weighted by atomic mass is 10.1. The molecule has 0 bridgehead atoms. The number of hydrogen-bond acceptors (Lipinski definition) is 7. The highest BCUT2D eigenvalue weighted by Gasteiger charge is 2.36. The van der Waals surface area contributed by atoms with Crippen LogP contribution in [0.25, 0.3) is 0 Å². The second-order valence-electron chi connectivity index (χ2n) is 4.66. The van der Waals surface area contributed by atoms with Crippen LogP contribution in [0.1, 0.15) is 11.1 Å². The molecule has 0 saturated carbocycles. The minimum absolute atomic E-state index is 0.0119. The second-order valence-corrected chi connectivity index (χ2v) is 5.69. The van der Waals surface area contributed by atoms with Crippen LogP contribution in [0.2, 0.25) is 0 Å². The molecule has 7 nitrogen and oxygen atoms in total. The van der Waals surface area contributed by atoms with Crippen LogP contribution in [-0.4, -0.2) is 37.5 Å². The molecule has 0 unspecified atom stereocenters. The molecule has 0 atom stereocenters. The van der Waals surface area contributed by atoms with Gasteiger partial charge in [0.05, 0.1) is 25.3 Å². The van der Waals surface area contributed by atoms with Crippen molar-refractivity contribution in [3.05, 3.63) is 40.3 Å². The number of amidine groups is 1. The lowest BCUT2D eigenvalue weighted by Gasteiger charge is -2.13. The minimum atomic E-state index is -4.64. The van der Waals surface area contributed by atoms with Gasteiger partial charge in [0, 0.05) is 11.6 Å². The molecule has 26 heavy (non-hydrogen) atoms. The van der Waals surface area contributed by atoms with Gasteiger partial charge in [0.2, 0.25) is 0 Å². The van der Waals surface area contributed by atoms with E-state index in [-0.39, 0.29) is 21.4 Å². The van der Waals surface area contributed by atoms with Crippen LogP contribution in [-0.2, 0) is 20.5 Å². The van der Waals surface area contributed by atoms with Crippen molar-refractivity contribution in [2.75, 3.05) is 14.2 Å². The van der Waals surface area contributed by atoms with Gasteiger partial charge in [-0.05, 0) is 17.8 Å². The van der Waals surface area contributed by atoms with Gasteiger partial charge >= 0.3 is 12.1 Å². The molecule has 11 heteroatoms. The summed E-state index contributed by atoms with van der Waals surface area (Å²) in [5.41, 5.74) is -1.23. The molecular formula is C15H12F3N3O4S. The Hall–Kier alpha value is -2.82. The summed E-state index contributed by atoms with van der Waals surface area (Å²) in [4.78, 5) is 22.8. The predicted molar refractivity (Wildman–Crippen MR) is 88.9 cm³/mol. The smallest absolute Gasteiger partial charge is 0.420 e. The predicted octanol–water partition coefficient (Wildman–Crippen LogP) is 2.32. The van der Waals surface area contributed by atoms with Gasteiger partial charge in [-0.15, -0.1) is 5.10 Å². The molecule has 1 aliphatic heterocycles. The van der Waals surface area contributed by atoms with E-state index in [0.29, 0.717) is 0 Å². The van der Waals surface area contributed by atoms with Gasteiger partial charge in [0.25, 0.3) is 5.91 Å². The maximum absolute atomic E-state index is 13.2. The number of nitrogens with zero attached hydrogens (tertiary/aromatic N) is 2. The van der Waals surface area contributed by atoms with Gasteiger partial charge in [-0.3, -0.25) is 10.1 Å². The first-order valence-corrected chi connectivity index (χ1v) is 7.72. The zero-order valence-electron chi connectivity index (χ0n) is 13.5. The first-order valence-electron chi connectivity index (χ1n) is 6.90.